The number of rotatable bonds is 6. The molecule has 1 atom stereocenters. The van der Waals surface area contributed by atoms with Gasteiger partial charge in [0, 0.05) is 17.5 Å². The lowest BCUT2D eigenvalue weighted by Crippen LogP contribution is -2.22. The topological polar surface area (TPSA) is 12.0 Å². The van der Waals surface area contributed by atoms with Crippen LogP contribution in [-0.2, 0) is 5.75 Å². The summed E-state index contributed by atoms with van der Waals surface area (Å²) in [4.78, 5) is 0. The minimum absolute atomic E-state index is 0.587. The van der Waals surface area contributed by atoms with E-state index in [1.54, 1.807) is 0 Å². The van der Waals surface area contributed by atoms with Gasteiger partial charge in [-0.1, -0.05) is 42.2 Å². The highest BCUT2D eigenvalue weighted by Crippen LogP contribution is 2.19. The summed E-state index contributed by atoms with van der Waals surface area (Å²) in [6.07, 6.45) is 5.19. The van der Waals surface area contributed by atoms with E-state index in [-0.39, 0.29) is 0 Å². The van der Waals surface area contributed by atoms with Gasteiger partial charge in [-0.25, -0.2) is 0 Å². The van der Waals surface area contributed by atoms with Gasteiger partial charge in [0.1, 0.15) is 0 Å². The summed E-state index contributed by atoms with van der Waals surface area (Å²) in [5, 5.41) is 3.82. The van der Waals surface area contributed by atoms with Gasteiger partial charge in [0.15, 0.2) is 0 Å². The Morgan fingerprint density at radius 2 is 1.94 bits per heavy atom. The molecular weight excluding hydrogens is 226 g/mol. The first-order chi connectivity index (χ1) is 8.11. The molecule has 1 nitrogen and oxygen atoms in total. The molecule has 0 amide bonds. The average molecular weight is 247 g/mol. The molecule has 1 rings (SSSR count). The zero-order chi connectivity index (χ0) is 12.7. The Kier molecular flexibility index (Phi) is 6.18. The Labute approximate surface area is 109 Å². The van der Waals surface area contributed by atoms with Crippen LogP contribution in [-0.4, -0.2) is 18.3 Å². The highest BCUT2D eigenvalue weighted by atomic mass is 32.2. The first kappa shape index (κ1) is 14.2. The van der Waals surface area contributed by atoms with Gasteiger partial charge in [-0.3, -0.25) is 0 Å². The molecule has 0 aliphatic carbocycles. The largest absolute Gasteiger partial charge is 0.305 e. The van der Waals surface area contributed by atoms with Crippen LogP contribution in [0.2, 0.25) is 0 Å². The van der Waals surface area contributed by atoms with Crippen molar-refractivity contribution in [1.29, 1.82) is 0 Å². The molecule has 0 aliphatic heterocycles. The predicted octanol–water partition coefficient (Wildman–Crippen LogP) is 3.15. The quantitative estimate of drug-likeness (QED) is 0.612. The van der Waals surface area contributed by atoms with Crippen LogP contribution in [0.25, 0.3) is 0 Å². The lowest BCUT2D eigenvalue weighted by Gasteiger charge is -2.12. The number of hydrogen-bond donors (Lipinski definition) is 1. The Bertz CT molecular complexity index is 372. The molecule has 0 heterocycles. The maximum atomic E-state index is 5.19. The monoisotopic (exact) mass is 247 g/mol. The highest BCUT2D eigenvalue weighted by molar-refractivity contribution is 7.99. The molecule has 92 valence electrons. The summed E-state index contributed by atoms with van der Waals surface area (Å²) in [6.45, 7) is 8.17. The number of terminal acetylenes is 1. The van der Waals surface area contributed by atoms with E-state index in [0.717, 1.165) is 12.3 Å². The van der Waals surface area contributed by atoms with Gasteiger partial charge < -0.3 is 5.32 Å². The summed E-state index contributed by atoms with van der Waals surface area (Å²) in [5.41, 5.74) is 4.11. The van der Waals surface area contributed by atoms with E-state index in [0.29, 0.717) is 11.8 Å². The summed E-state index contributed by atoms with van der Waals surface area (Å²) in [6, 6.07) is 6.75. The second kappa shape index (κ2) is 7.42. The highest BCUT2D eigenvalue weighted by Gasteiger charge is 2.03. The van der Waals surface area contributed by atoms with Crippen molar-refractivity contribution in [3.63, 3.8) is 0 Å². The van der Waals surface area contributed by atoms with Crippen LogP contribution in [0.15, 0.2) is 18.2 Å². The van der Waals surface area contributed by atoms with E-state index in [9.17, 15) is 0 Å². The lowest BCUT2D eigenvalue weighted by atomic mass is 10.1. The third kappa shape index (κ3) is 5.81. The molecule has 0 saturated heterocycles. The molecule has 0 saturated carbocycles. The van der Waals surface area contributed by atoms with Crippen LogP contribution >= 0.6 is 11.8 Å². The fraction of sp³-hybridized carbons (Fsp3) is 0.467. The maximum absolute atomic E-state index is 5.19. The Hall–Kier alpha value is -0.910. The molecule has 0 aromatic heterocycles. The number of thioether (sulfide) groups is 1. The summed E-state index contributed by atoms with van der Waals surface area (Å²) < 4.78 is 0. The second-order valence-corrected chi connectivity index (χ2v) is 5.88. The number of aryl methyl sites for hydroxylation is 2. The molecule has 1 aromatic carbocycles. The van der Waals surface area contributed by atoms with Crippen molar-refractivity contribution in [2.24, 2.45) is 0 Å². The zero-order valence-corrected chi connectivity index (χ0v) is 11.7. The normalized spacial score (nSPS) is 12.1. The first-order valence-electron chi connectivity index (χ1n) is 5.94. The average Bonchev–Trinajstić information content (AvgIpc) is 2.25. The van der Waals surface area contributed by atoms with Gasteiger partial charge in [-0.15, -0.1) is 6.42 Å². The third-order valence-corrected chi connectivity index (χ3v) is 3.71. The fourth-order valence-corrected chi connectivity index (χ4v) is 2.68. The van der Waals surface area contributed by atoms with Crippen LogP contribution in [0.5, 0.6) is 0 Å². The van der Waals surface area contributed by atoms with Crippen molar-refractivity contribution in [2.75, 3.05) is 13.1 Å². The number of nitrogens with one attached hydrogen (secondary N) is 1. The van der Waals surface area contributed by atoms with E-state index in [1.165, 1.54) is 16.7 Å². The van der Waals surface area contributed by atoms with Gasteiger partial charge in [0.2, 0.25) is 0 Å². The van der Waals surface area contributed by atoms with Gasteiger partial charge in [0.25, 0.3) is 0 Å². The minimum Gasteiger partial charge on any atom is -0.305 e. The Balaban J connectivity index is 2.37. The van der Waals surface area contributed by atoms with Crippen molar-refractivity contribution in [3.05, 3.63) is 34.9 Å². The fourth-order valence-electron chi connectivity index (χ4n) is 1.80. The molecule has 0 fully saturated rings. The molecule has 0 radical (unpaired) electrons. The van der Waals surface area contributed by atoms with Crippen molar-refractivity contribution in [2.45, 2.75) is 31.8 Å². The van der Waals surface area contributed by atoms with Gasteiger partial charge in [0.05, 0.1) is 6.54 Å². The van der Waals surface area contributed by atoms with Gasteiger partial charge >= 0.3 is 0 Å². The van der Waals surface area contributed by atoms with E-state index < -0.39 is 0 Å². The van der Waals surface area contributed by atoms with Crippen LogP contribution in [0, 0.1) is 26.2 Å². The minimum atomic E-state index is 0.587. The standard InChI is InChI=1S/C15H21NS/c1-5-6-16-10-14(4)17-11-15-8-12(2)7-13(3)9-15/h1,7-9,14,16H,6,10-11H2,2-4H3. The molecule has 0 aliphatic rings. The summed E-state index contributed by atoms with van der Waals surface area (Å²) in [5.74, 6) is 3.66. The molecule has 1 N–H and O–H groups in total. The van der Waals surface area contributed by atoms with Crippen molar-refractivity contribution < 1.29 is 0 Å². The predicted molar refractivity (Wildman–Crippen MR) is 78.4 cm³/mol. The van der Waals surface area contributed by atoms with E-state index in [2.05, 4.69) is 50.2 Å². The smallest absolute Gasteiger partial charge is 0.0574 e. The van der Waals surface area contributed by atoms with Crippen molar-refractivity contribution in [3.8, 4) is 12.3 Å². The van der Waals surface area contributed by atoms with Crippen LogP contribution in [0.4, 0.5) is 0 Å². The van der Waals surface area contributed by atoms with Crippen molar-refractivity contribution >= 4 is 11.8 Å². The molecular formula is C15H21NS. The number of hydrogen-bond acceptors (Lipinski definition) is 2. The maximum Gasteiger partial charge on any atom is 0.0574 e. The lowest BCUT2D eigenvalue weighted by molar-refractivity contribution is 0.748. The molecule has 1 unspecified atom stereocenters. The van der Waals surface area contributed by atoms with Gasteiger partial charge in [-0.05, 0) is 19.4 Å². The molecule has 2 heteroatoms. The molecule has 0 spiro atoms. The van der Waals surface area contributed by atoms with Crippen molar-refractivity contribution in [1.82, 2.24) is 5.32 Å². The van der Waals surface area contributed by atoms with Crippen LogP contribution in [0.3, 0.4) is 0 Å². The van der Waals surface area contributed by atoms with E-state index in [1.807, 2.05) is 11.8 Å². The van der Waals surface area contributed by atoms with Gasteiger partial charge in [-0.2, -0.15) is 11.8 Å². The zero-order valence-electron chi connectivity index (χ0n) is 10.9. The number of benzene rings is 1. The van der Waals surface area contributed by atoms with Crippen LogP contribution in [0.1, 0.15) is 23.6 Å². The molecule has 17 heavy (non-hydrogen) atoms. The SMILES string of the molecule is C#CCNCC(C)SCc1cc(C)cc(C)c1. The molecule has 1 aromatic rings. The Morgan fingerprint density at radius 3 is 2.53 bits per heavy atom. The van der Waals surface area contributed by atoms with E-state index >= 15 is 0 Å². The third-order valence-electron chi connectivity index (χ3n) is 2.47. The Morgan fingerprint density at radius 1 is 1.29 bits per heavy atom. The molecule has 0 bridgehead atoms. The van der Waals surface area contributed by atoms with E-state index in [4.69, 9.17) is 6.42 Å². The summed E-state index contributed by atoms with van der Waals surface area (Å²) in [7, 11) is 0. The second-order valence-electron chi connectivity index (χ2n) is 4.45. The summed E-state index contributed by atoms with van der Waals surface area (Å²) >= 11 is 1.97. The first-order valence-corrected chi connectivity index (χ1v) is 6.99. The van der Waals surface area contributed by atoms with Crippen LogP contribution < -0.4 is 5.32 Å².